The van der Waals surface area contributed by atoms with Crippen molar-refractivity contribution in [2.75, 3.05) is 43.6 Å². The predicted molar refractivity (Wildman–Crippen MR) is 223 cm³/mol. The number of nitrogens with zero attached hydrogens (tertiary/aromatic N) is 1. The minimum Gasteiger partial charge on any atom is -0.355 e. The van der Waals surface area contributed by atoms with E-state index in [9.17, 15) is 18.9 Å². The molecule has 9 nitrogen and oxygen atoms in total. The van der Waals surface area contributed by atoms with Crippen LogP contribution in [0.5, 0.6) is 0 Å². The van der Waals surface area contributed by atoms with Crippen LogP contribution < -0.4 is 15.5 Å². The Balaban J connectivity index is 1.15. The van der Waals surface area contributed by atoms with E-state index >= 15 is 0 Å². The Labute approximate surface area is 329 Å². The van der Waals surface area contributed by atoms with Crippen molar-refractivity contribution in [1.82, 2.24) is 10.6 Å². The molecule has 12 heteroatoms. The normalized spacial score (nSPS) is 14.2. The van der Waals surface area contributed by atoms with Gasteiger partial charge in [-0.15, -0.1) is 0 Å². The second-order valence-corrected chi connectivity index (χ2v) is 20.3. The lowest BCUT2D eigenvalue weighted by Gasteiger charge is -2.35. The van der Waals surface area contributed by atoms with Crippen molar-refractivity contribution in [2.45, 2.75) is 72.6 Å². The molecule has 1 heterocycles. The summed E-state index contributed by atoms with van der Waals surface area (Å²) in [6, 6.07) is 23.1. The molecule has 0 saturated carbocycles. The molecule has 290 valence electrons. The molecule has 3 amide bonds. The first-order valence-electron chi connectivity index (χ1n) is 18.4. The summed E-state index contributed by atoms with van der Waals surface area (Å²) < 4.78 is 23.3. The lowest BCUT2D eigenvalue weighted by atomic mass is 9.75. The molecule has 3 aromatic rings. The number of anilines is 1. The van der Waals surface area contributed by atoms with E-state index in [0.29, 0.717) is 43.7 Å². The zero-order chi connectivity index (χ0) is 39.4. The highest BCUT2D eigenvalue weighted by Gasteiger charge is 2.32. The van der Waals surface area contributed by atoms with Gasteiger partial charge in [0, 0.05) is 66.9 Å². The predicted octanol–water partition coefficient (Wildman–Crippen LogP) is 9.02. The van der Waals surface area contributed by atoms with Gasteiger partial charge in [0.1, 0.15) is 0 Å². The fraction of sp³-hybridized carbons (Fsp3) is 0.452. The average molecular weight is 792 g/mol. The first-order chi connectivity index (χ1) is 25.6. The highest BCUT2D eigenvalue weighted by molar-refractivity contribution is 8.76. The van der Waals surface area contributed by atoms with Gasteiger partial charge in [0.2, 0.25) is 11.8 Å². The molecule has 0 fully saturated rings. The molecule has 54 heavy (non-hydrogen) atoms. The maximum atomic E-state index is 13.4. The number of carbonyl (C=O) groups excluding carboxylic acids is 3. The fourth-order valence-corrected chi connectivity index (χ4v) is 9.70. The summed E-state index contributed by atoms with van der Waals surface area (Å²) in [5.41, 5.74) is 4.66. The van der Waals surface area contributed by atoms with E-state index in [0.717, 1.165) is 34.4 Å². The summed E-state index contributed by atoms with van der Waals surface area (Å²) in [6.07, 6.45) is 1.29. The summed E-state index contributed by atoms with van der Waals surface area (Å²) in [4.78, 5) is 40.8. The molecule has 0 bridgehead atoms. The smallest absolute Gasteiger partial charge is 0.330 e. The molecule has 0 radical (unpaired) electrons. The summed E-state index contributed by atoms with van der Waals surface area (Å²) in [6.45, 7) is 13.9. The van der Waals surface area contributed by atoms with Crippen LogP contribution in [0.4, 0.5) is 5.69 Å². The van der Waals surface area contributed by atoms with E-state index in [2.05, 4.69) is 57.1 Å². The molecule has 0 aliphatic carbocycles. The number of benzene rings is 3. The van der Waals surface area contributed by atoms with Gasteiger partial charge < -0.3 is 24.6 Å². The lowest BCUT2D eigenvalue weighted by Crippen LogP contribution is -2.37. The maximum Gasteiger partial charge on any atom is 0.330 e. The first kappa shape index (κ1) is 43.2. The Bertz CT molecular complexity index is 1860. The van der Waals surface area contributed by atoms with Gasteiger partial charge in [-0.3, -0.25) is 18.9 Å². The van der Waals surface area contributed by atoms with Crippen LogP contribution in [0.2, 0.25) is 0 Å². The number of carbonyl (C=O) groups is 3. The standard InChI is InChI=1S/C42H54N3O6PS2/c1-8-52(49,50-7)51-30-42(5,6)28-41(3,4)29-44-40(48)35-21-17-32(18-22-35)31(2)54-53-26-25-43-38(46)23-24-39(47)45-27-36-15-10-9-13-33(36)19-20-34-14-11-12-16-37(34)45/h9-18,21-22,31H,8,23-30H2,1-7H3,(H,43,46)(H,44,48). The number of amides is 3. The molecule has 2 N–H and O–H groups in total. The largest absolute Gasteiger partial charge is 0.355 e. The van der Waals surface area contributed by atoms with E-state index in [1.807, 2.05) is 72.8 Å². The van der Waals surface area contributed by atoms with Crippen molar-refractivity contribution in [3.8, 4) is 11.8 Å². The highest BCUT2D eigenvalue weighted by Crippen LogP contribution is 2.49. The van der Waals surface area contributed by atoms with Crippen molar-refractivity contribution in [1.29, 1.82) is 0 Å². The molecule has 0 spiro atoms. The van der Waals surface area contributed by atoms with Gasteiger partial charge in [0.05, 0.1) is 18.8 Å². The van der Waals surface area contributed by atoms with Gasteiger partial charge in [-0.05, 0) is 65.6 Å². The Morgan fingerprint density at radius 3 is 2.28 bits per heavy atom. The van der Waals surface area contributed by atoms with Crippen molar-refractivity contribution >= 4 is 52.6 Å². The number of nitrogens with one attached hydrogen (secondary N) is 2. The molecular formula is C42H54N3O6PS2. The fourth-order valence-electron chi connectivity index (χ4n) is 6.37. The summed E-state index contributed by atoms with van der Waals surface area (Å²) in [5.74, 6) is 6.76. The van der Waals surface area contributed by atoms with E-state index in [1.165, 1.54) is 7.11 Å². The quantitative estimate of drug-likeness (QED) is 0.0536. The van der Waals surface area contributed by atoms with Gasteiger partial charge in [-0.2, -0.15) is 0 Å². The number of hydrogen-bond acceptors (Lipinski definition) is 8. The van der Waals surface area contributed by atoms with Gasteiger partial charge >= 0.3 is 7.60 Å². The summed E-state index contributed by atoms with van der Waals surface area (Å²) in [5, 5.41) is 6.21. The minimum atomic E-state index is -3.06. The van der Waals surface area contributed by atoms with Gasteiger partial charge in [-0.25, -0.2) is 0 Å². The second kappa shape index (κ2) is 19.9. The van der Waals surface area contributed by atoms with Crippen LogP contribution in [0.25, 0.3) is 0 Å². The van der Waals surface area contributed by atoms with Crippen LogP contribution in [0.15, 0.2) is 72.8 Å². The third kappa shape index (κ3) is 13.1. The van der Waals surface area contributed by atoms with Crippen LogP contribution in [0.3, 0.4) is 0 Å². The third-order valence-corrected chi connectivity index (χ3v) is 13.8. The number of rotatable bonds is 19. The van der Waals surface area contributed by atoms with Crippen LogP contribution in [-0.4, -0.2) is 56.4 Å². The molecule has 2 unspecified atom stereocenters. The molecule has 3 aromatic carbocycles. The molecular weight excluding hydrogens is 738 g/mol. The maximum absolute atomic E-state index is 13.4. The van der Waals surface area contributed by atoms with Crippen LogP contribution in [0, 0.1) is 22.7 Å². The van der Waals surface area contributed by atoms with Gasteiger partial charge in [0.25, 0.3) is 5.91 Å². The molecule has 0 saturated heterocycles. The monoisotopic (exact) mass is 791 g/mol. The third-order valence-electron chi connectivity index (χ3n) is 9.10. The van der Waals surface area contributed by atoms with Crippen molar-refractivity contribution in [3.05, 3.63) is 101 Å². The average Bonchev–Trinajstić information content (AvgIpc) is 3.15. The SMILES string of the molecule is CCP(=O)(OC)OCC(C)(C)CC(C)(C)CNC(=O)c1ccc(C(C)SSCCNC(=O)CCC(=O)N2Cc3ccccc3C#Cc3ccccc32)cc1. The molecule has 2 atom stereocenters. The zero-order valence-corrected chi connectivity index (χ0v) is 35.1. The van der Waals surface area contributed by atoms with E-state index in [4.69, 9.17) is 9.05 Å². The van der Waals surface area contributed by atoms with Crippen LogP contribution in [-0.2, 0) is 29.7 Å². The summed E-state index contributed by atoms with van der Waals surface area (Å²) >= 11 is 0. The van der Waals surface area contributed by atoms with Crippen LogP contribution >= 0.6 is 29.2 Å². The lowest BCUT2D eigenvalue weighted by molar-refractivity contribution is -0.125. The molecule has 1 aliphatic heterocycles. The molecule has 0 aromatic heterocycles. The van der Waals surface area contributed by atoms with E-state index < -0.39 is 7.60 Å². The highest BCUT2D eigenvalue weighted by atomic mass is 33.1. The van der Waals surface area contributed by atoms with Crippen LogP contribution in [0.1, 0.15) is 98.7 Å². The van der Waals surface area contributed by atoms with E-state index in [1.54, 1.807) is 33.4 Å². The Morgan fingerprint density at radius 1 is 0.907 bits per heavy atom. The van der Waals surface area contributed by atoms with Gasteiger partial charge in [0.15, 0.2) is 0 Å². The Morgan fingerprint density at radius 2 is 1.57 bits per heavy atom. The number of hydrogen-bond donors (Lipinski definition) is 2. The van der Waals surface area contributed by atoms with Gasteiger partial charge in [-0.1, -0.05) is 111 Å². The van der Waals surface area contributed by atoms with Crippen molar-refractivity contribution in [3.63, 3.8) is 0 Å². The number of para-hydroxylation sites is 1. The second-order valence-electron chi connectivity index (χ2n) is 15.0. The molecule has 1 aliphatic rings. The van der Waals surface area contributed by atoms with Crippen molar-refractivity contribution < 1.29 is 28.0 Å². The first-order valence-corrected chi connectivity index (χ1v) is 22.5. The molecule has 4 rings (SSSR count). The minimum absolute atomic E-state index is 0.105. The topological polar surface area (TPSA) is 114 Å². The van der Waals surface area contributed by atoms with Crippen molar-refractivity contribution in [2.24, 2.45) is 10.8 Å². The summed E-state index contributed by atoms with van der Waals surface area (Å²) in [7, 11) is 1.73. The Kier molecular flexibility index (Phi) is 15.9. The van der Waals surface area contributed by atoms with E-state index in [-0.39, 0.29) is 46.6 Å². The zero-order valence-electron chi connectivity index (χ0n) is 32.5. The Hall–Kier alpha value is -3.52. The number of fused-ring (bicyclic) bond motifs is 2.